The minimum Gasteiger partial charge on any atom is -0.495 e. The van der Waals surface area contributed by atoms with E-state index in [1.54, 1.807) is 20.3 Å². The van der Waals surface area contributed by atoms with Crippen LogP contribution in [-0.4, -0.2) is 43.4 Å². The molecule has 7 nitrogen and oxygen atoms in total. The van der Waals surface area contributed by atoms with E-state index in [9.17, 15) is 4.79 Å². The Bertz CT molecular complexity index is 1410. The second kappa shape index (κ2) is 12.8. The predicted molar refractivity (Wildman–Crippen MR) is 167 cm³/mol. The molecule has 2 atom stereocenters. The van der Waals surface area contributed by atoms with Crippen molar-refractivity contribution >= 4 is 40.5 Å². The highest BCUT2D eigenvalue weighted by Gasteiger charge is 2.31. The highest BCUT2D eigenvalue weighted by molar-refractivity contribution is 6.38. The first kappa shape index (κ1) is 29.3. The van der Waals surface area contributed by atoms with Gasteiger partial charge < -0.3 is 19.7 Å². The van der Waals surface area contributed by atoms with Crippen LogP contribution in [0.4, 0.5) is 11.4 Å². The fourth-order valence-electron chi connectivity index (χ4n) is 6.14. The maximum Gasteiger partial charge on any atom is 0.247 e. The molecule has 1 fully saturated rings. The number of aromatic nitrogens is 2. The van der Waals surface area contributed by atoms with Crippen LogP contribution >= 0.6 is 23.2 Å². The molecule has 218 valence electrons. The van der Waals surface area contributed by atoms with Crippen LogP contribution in [0.25, 0.3) is 11.3 Å². The topological polar surface area (TPSA) is 79.5 Å². The van der Waals surface area contributed by atoms with E-state index in [1.165, 1.54) is 31.8 Å². The lowest BCUT2D eigenvalue weighted by Gasteiger charge is -2.30. The van der Waals surface area contributed by atoms with Crippen molar-refractivity contribution in [1.29, 1.82) is 0 Å². The molecule has 0 saturated carbocycles. The summed E-state index contributed by atoms with van der Waals surface area (Å²) in [5.41, 5.74) is 6.66. The van der Waals surface area contributed by atoms with E-state index in [-0.39, 0.29) is 11.8 Å². The van der Waals surface area contributed by atoms with Gasteiger partial charge in [0, 0.05) is 47.2 Å². The SMILES string of the molecule is C=CC(=O)Nc1ccc(N2CCCC[C@@H](C)CC2)cc1-c1n[nH]c2c1CCC(c1c(Cl)c(OC)cc(OC)c1Cl)C2. The van der Waals surface area contributed by atoms with Crippen LogP contribution in [0, 0.1) is 5.92 Å². The molecular weight excluding hydrogens is 559 g/mol. The zero-order valence-corrected chi connectivity index (χ0v) is 25.5. The molecule has 1 amide bonds. The van der Waals surface area contributed by atoms with Crippen molar-refractivity contribution in [3.8, 4) is 22.8 Å². The van der Waals surface area contributed by atoms with Crippen molar-refractivity contribution in [3.05, 3.63) is 63.8 Å². The van der Waals surface area contributed by atoms with Gasteiger partial charge in [0.1, 0.15) is 11.5 Å². The highest BCUT2D eigenvalue weighted by atomic mass is 35.5. The first-order valence-corrected chi connectivity index (χ1v) is 15.1. The number of rotatable bonds is 7. The number of anilines is 2. The zero-order chi connectivity index (χ0) is 29.1. The average molecular weight is 598 g/mol. The van der Waals surface area contributed by atoms with Crippen molar-refractivity contribution in [2.75, 3.05) is 37.5 Å². The van der Waals surface area contributed by atoms with Crippen molar-refractivity contribution < 1.29 is 14.3 Å². The number of aromatic amines is 1. The first-order chi connectivity index (χ1) is 19.8. The largest absolute Gasteiger partial charge is 0.495 e. The van der Waals surface area contributed by atoms with Crippen LogP contribution in [0.3, 0.4) is 0 Å². The molecule has 1 aliphatic heterocycles. The minimum absolute atomic E-state index is 0.0640. The molecule has 0 bridgehead atoms. The smallest absolute Gasteiger partial charge is 0.247 e. The minimum atomic E-state index is -0.250. The number of fused-ring (bicyclic) bond motifs is 1. The molecule has 41 heavy (non-hydrogen) atoms. The van der Waals surface area contributed by atoms with E-state index < -0.39 is 0 Å². The van der Waals surface area contributed by atoms with Crippen LogP contribution in [0.1, 0.15) is 61.8 Å². The molecular formula is C32H38Cl2N4O3. The molecule has 1 unspecified atom stereocenters. The quantitative estimate of drug-likeness (QED) is 0.272. The van der Waals surface area contributed by atoms with Gasteiger partial charge in [-0.25, -0.2) is 0 Å². The average Bonchev–Trinajstić information content (AvgIpc) is 3.39. The Kier molecular flexibility index (Phi) is 9.15. The van der Waals surface area contributed by atoms with Crippen LogP contribution < -0.4 is 19.7 Å². The highest BCUT2D eigenvalue weighted by Crippen LogP contribution is 2.48. The van der Waals surface area contributed by atoms with Gasteiger partial charge in [-0.15, -0.1) is 0 Å². The van der Waals surface area contributed by atoms with Crippen molar-refractivity contribution in [1.82, 2.24) is 10.2 Å². The summed E-state index contributed by atoms with van der Waals surface area (Å²) in [5.74, 6) is 1.62. The fourth-order valence-corrected chi connectivity index (χ4v) is 6.95. The van der Waals surface area contributed by atoms with Crippen LogP contribution in [0.5, 0.6) is 11.5 Å². The summed E-state index contributed by atoms with van der Waals surface area (Å²) in [5, 5.41) is 12.1. The van der Waals surface area contributed by atoms with Crippen LogP contribution in [0.15, 0.2) is 36.9 Å². The number of carbonyl (C=O) groups excluding carboxylic acids is 1. The molecule has 0 radical (unpaired) electrons. The van der Waals surface area contributed by atoms with Gasteiger partial charge in [0.2, 0.25) is 5.91 Å². The van der Waals surface area contributed by atoms with Gasteiger partial charge in [0.15, 0.2) is 0 Å². The number of nitrogens with one attached hydrogen (secondary N) is 2. The molecule has 9 heteroatoms. The third-order valence-corrected chi connectivity index (χ3v) is 9.28. The number of hydrogen-bond donors (Lipinski definition) is 2. The van der Waals surface area contributed by atoms with Gasteiger partial charge in [0.25, 0.3) is 0 Å². The monoisotopic (exact) mass is 596 g/mol. The van der Waals surface area contributed by atoms with Gasteiger partial charge in [-0.2, -0.15) is 5.10 Å². The lowest BCUT2D eigenvalue weighted by Crippen LogP contribution is -2.28. The van der Waals surface area contributed by atoms with Crippen molar-refractivity contribution in [3.63, 3.8) is 0 Å². The van der Waals surface area contributed by atoms with Crippen molar-refractivity contribution in [2.45, 2.75) is 57.8 Å². The van der Waals surface area contributed by atoms with Gasteiger partial charge in [-0.3, -0.25) is 9.89 Å². The number of halogens is 2. The summed E-state index contributed by atoms with van der Waals surface area (Å²) in [6, 6.07) is 7.98. The molecule has 5 rings (SSSR count). The van der Waals surface area contributed by atoms with E-state index >= 15 is 0 Å². The second-order valence-corrected chi connectivity index (χ2v) is 11.8. The number of hydrogen-bond acceptors (Lipinski definition) is 5. The zero-order valence-electron chi connectivity index (χ0n) is 24.0. The summed E-state index contributed by atoms with van der Waals surface area (Å²) in [6.45, 7) is 8.02. The van der Waals surface area contributed by atoms with Gasteiger partial charge in [0.05, 0.1) is 35.6 Å². The number of H-pyrrole nitrogens is 1. The lowest BCUT2D eigenvalue weighted by molar-refractivity contribution is -0.111. The Morgan fingerprint density at radius 1 is 1.10 bits per heavy atom. The van der Waals surface area contributed by atoms with Gasteiger partial charge in [-0.1, -0.05) is 49.5 Å². The maximum absolute atomic E-state index is 12.4. The molecule has 1 aromatic heterocycles. The molecule has 0 spiro atoms. The van der Waals surface area contributed by atoms with E-state index in [0.717, 1.165) is 71.3 Å². The molecule has 1 saturated heterocycles. The second-order valence-electron chi connectivity index (χ2n) is 11.1. The first-order valence-electron chi connectivity index (χ1n) is 14.3. The molecule has 2 N–H and O–H groups in total. The van der Waals surface area contributed by atoms with E-state index in [2.05, 4.69) is 41.0 Å². The number of amides is 1. The maximum atomic E-state index is 12.4. The number of carbonyl (C=O) groups is 1. The molecule has 1 aliphatic carbocycles. The molecule has 2 aromatic carbocycles. The Morgan fingerprint density at radius 2 is 1.85 bits per heavy atom. The van der Waals surface area contributed by atoms with Crippen molar-refractivity contribution in [2.24, 2.45) is 5.92 Å². The number of benzene rings is 2. The normalized spacial score (nSPS) is 19.1. The Hall–Kier alpha value is -3.16. The fraction of sp³-hybridized carbons (Fsp3) is 0.438. The number of nitrogens with zero attached hydrogens (tertiary/aromatic N) is 2. The lowest BCUT2D eigenvalue weighted by atomic mass is 9.81. The summed E-state index contributed by atoms with van der Waals surface area (Å²) >= 11 is 13.5. The Morgan fingerprint density at radius 3 is 2.56 bits per heavy atom. The van der Waals surface area contributed by atoms with Crippen LogP contribution in [0.2, 0.25) is 10.0 Å². The molecule has 2 heterocycles. The summed E-state index contributed by atoms with van der Waals surface area (Å²) < 4.78 is 11.0. The number of ether oxygens (including phenoxy) is 2. The summed E-state index contributed by atoms with van der Waals surface area (Å²) in [6.07, 6.45) is 8.47. The molecule has 2 aliphatic rings. The van der Waals surface area contributed by atoms with Crippen LogP contribution in [-0.2, 0) is 17.6 Å². The standard InChI is InChI=1S/C32H38Cl2N4O3/c1-5-28(39)35-24-12-10-21(38-14-7-6-8-19(2)13-15-38)17-23(24)32-22-11-9-20(16-25(22)36-37-32)29-30(33)26(40-3)18-27(41-4)31(29)34/h5,10,12,17-20H,1,6-9,11,13-16H2,2-4H3,(H,35,39)(H,36,37)/t19-,20?/m1/s1. The van der Waals surface area contributed by atoms with Gasteiger partial charge >= 0.3 is 0 Å². The van der Waals surface area contributed by atoms with E-state index in [0.29, 0.717) is 28.0 Å². The van der Waals surface area contributed by atoms with Gasteiger partial charge in [-0.05, 0) is 68.2 Å². The number of methoxy groups -OCH3 is 2. The summed E-state index contributed by atoms with van der Waals surface area (Å²) in [4.78, 5) is 14.8. The van der Waals surface area contributed by atoms with E-state index in [1.807, 2.05) is 6.07 Å². The third-order valence-electron chi connectivity index (χ3n) is 8.50. The molecule has 3 aromatic rings. The predicted octanol–water partition coefficient (Wildman–Crippen LogP) is 7.81. The Balaban J connectivity index is 1.51. The third kappa shape index (κ3) is 6.07. The summed E-state index contributed by atoms with van der Waals surface area (Å²) in [7, 11) is 3.17. The Labute approximate surface area is 252 Å². The van der Waals surface area contributed by atoms with E-state index in [4.69, 9.17) is 37.8 Å².